The number of benzene rings is 1. The van der Waals surface area contributed by atoms with Crippen molar-refractivity contribution in [2.24, 2.45) is 7.05 Å². The Morgan fingerprint density at radius 3 is 2.32 bits per heavy atom. The van der Waals surface area contributed by atoms with E-state index in [4.69, 9.17) is 0 Å². The summed E-state index contributed by atoms with van der Waals surface area (Å²) in [6, 6.07) is 6.59. The fraction of sp³-hybridized carbons (Fsp3) is 0.263. The van der Waals surface area contributed by atoms with Gasteiger partial charge < -0.3 is 5.32 Å². The molecule has 146 valence electrons. The summed E-state index contributed by atoms with van der Waals surface area (Å²) >= 11 is 0. The first-order chi connectivity index (χ1) is 13.3. The second-order valence-corrected chi connectivity index (χ2v) is 6.16. The fourth-order valence-corrected chi connectivity index (χ4v) is 3.20. The van der Waals surface area contributed by atoms with E-state index in [1.54, 1.807) is 19.9 Å². The van der Waals surface area contributed by atoms with Gasteiger partial charge in [-0.3, -0.25) is 28.1 Å². The van der Waals surface area contributed by atoms with E-state index < -0.39 is 28.5 Å². The molecule has 1 amide bonds. The Labute approximate surface area is 158 Å². The summed E-state index contributed by atoms with van der Waals surface area (Å²) < 4.78 is 17.3. The van der Waals surface area contributed by atoms with Crippen LogP contribution >= 0.6 is 0 Å². The third-order valence-corrected chi connectivity index (χ3v) is 4.58. The van der Waals surface area contributed by atoms with Crippen LogP contribution in [-0.2, 0) is 20.1 Å². The van der Waals surface area contributed by atoms with Gasteiger partial charge >= 0.3 is 5.69 Å². The Bertz CT molecular complexity index is 1270. The van der Waals surface area contributed by atoms with Gasteiger partial charge in [0.1, 0.15) is 11.5 Å². The lowest BCUT2D eigenvalue weighted by molar-refractivity contribution is 0.102. The number of para-hydroxylation sites is 1. The molecule has 0 radical (unpaired) electrons. The Morgan fingerprint density at radius 2 is 1.71 bits per heavy atom. The maximum absolute atomic E-state index is 13.9. The Kier molecular flexibility index (Phi) is 5.00. The molecular weight excluding hydrogens is 367 g/mol. The van der Waals surface area contributed by atoms with Crippen LogP contribution in [0.4, 0.5) is 10.1 Å². The molecule has 8 nitrogen and oxygen atoms in total. The monoisotopic (exact) mass is 386 g/mol. The summed E-state index contributed by atoms with van der Waals surface area (Å²) in [4.78, 5) is 50.8. The van der Waals surface area contributed by atoms with Gasteiger partial charge in [0.2, 0.25) is 0 Å². The summed E-state index contributed by atoms with van der Waals surface area (Å²) in [5.74, 6) is -1.46. The number of hydrogen-bond acceptors (Lipinski definition) is 4. The molecule has 2 heterocycles. The van der Waals surface area contributed by atoms with Gasteiger partial charge in [-0.2, -0.15) is 0 Å². The normalized spacial score (nSPS) is 11.0. The van der Waals surface area contributed by atoms with Crippen LogP contribution < -0.4 is 22.1 Å². The maximum Gasteiger partial charge on any atom is 0.332 e. The van der Waals surface area contributed by atoms with Crippen LogP contribution in [0.25, 0.3) is 11.0 Å². The number of pyridine rings is 1. The van der Waals surface area contributed by atoms with Crippen LogP contribution in [0.15, 0.2) is 44.7 Å². The SMILES string of the molecule is CCn1c(=O)c2c(C(=O)Nc3ccccc3F)cc(=O)n(CC)c2n(C)c1=O. The summed E-state index contributed by atoms with van der Waals surface area (Å²) in [6.07, 6.45) is 0. The smallest absolute Gasteiger partial charge is 0.319 e. The van der Waals surface area contributed by atoms with Crippen molar-refractivity contribution in [3.63, 3.8) is 0 Å². The minimum atomic E-state index is -0.811. The average Bonchev–Trinajstić information content (AvgIpc) is 2.67. The third-order valence-electron chi connectivity index (χ3n) is 4.58. The molecule has 3 rings (SSSR count). The predicted molar refractivity (Wildman–Crippen MR) is 103 cm³/mol. The van der Waals surface area contributed by atoms with Gasteiger partial charge in [-0.1, -0.05) is 12.1 Å². The lowest BCUT2D eigenvalue weighted by atomic mass is 10.1. The lowest BCUT2D eigenvalue weighted by Gasteiger charge is -2.16. The number of aromatic nitrogens is 3. The van der Waals surface area contributed by atoms with Gasteiger partial charge in [0.15, 0.2) is 0 Å². The lowest BCUT2D eigenvalue weighted by Crippen LogP contribution is -2.42. The number of carbonyl (C=O) groups is 1. The van der Waals surface area contributed by atoms with Gasteiger partial charge in [-0.15, -0.1) is 0 Å². The van der Waals surface area contributed by atoms with E-state index in [2.05, 4.69) is 5.32 Å². The van der Waals surface area contributed by atoms with E-state index in [9.17, 15) is 23.6 Å². The highest BCUT2D eigenvalue weighted by Gasteiger charge is 2.22. The number of aryl methyl sites for hydroxylation is 2. The highest BCUT2D eigenvalue weighted by atomic mass is 19.1. The molecule has 0 spiro atoms. The number of anilines is 1. The van der Waals surface area contributed by atoms with Crippen LogP contribution in [0.3, 0.4) is 0 Å². The van der Waals surface area contributed by atoms with Crippen molar-refractivity contribution < 1.29 is 9.18 Å². The van der Waals surface area contributed by atoms with Gasteiger partial charge in [-0.25, -0.2) is 9.18 Å². The van der Waals surface area contributed by atoms with Gasteiger partial charge in [0.05, 0.1) is 16.6 Å². The average molecular weight is 386 g/mol. The molecule has 2 aromatic heterocycles. The van der Waals surface area contributed by atoms with Gasteiger partial charge in [0, 0.05) is 26.2 Å². The standard InChI is InChI=1S/C19H19FN4O4/c1-4-23-14(25)10-11(16(26)21-13-9-7-6-8-12(13)20)15-17(23)22(3)19(28)24(5-2)18(15)27/h6-10H,4-5H2,1-3H3,(H,21,26). The fourth-order valence-electron chi connectivity index (χ4n) is 3.20. The number of amides is 1. The Balaban J connectivity index is 2.38. The molecule has 1 aromatic carbocycles. The first-order valence-corrected chi connectivity index (χ1v) is 8.75. The second-order valence-electron chi connectivity index (χ2n) is 6.16. The second kappa shape index (κ2) is 7.26. The van der Waals surface area contributed by atoms with E-state index in [0.29, 0.717) is 0 Å². The van der Waals surface area contributed by atoms with Crippen molar-refractivity contribution >= 4 is 22.6 Å². The zero-order valence-electron chi connectivity index (χ0n) is 15.7. The van der Waals surface area contributed by atoms with E-state index in [0.717, 1.165) is 10.6 Å². The summed E-state index contributed by atoms with van der Waals surface area (Å²) in [5.41, 5.74) is -2.06. The summed E-state index contributed by atoms with van der Waals surface area (Å²) in [5, 5.41) is 2.31. The number of hydrogen-bond donors (Lipinski definition) is 1. The number of nitrogens with zero attached hydrogens (tertiary/aromatic N) is 3. The predicted octanol–water partition coefficient (Wildman–Crippen LogP) is 1.29. The largest absolute Gasteiger partial charge is 0.332 e. The molecule has 0 unspecified atom stereocenters. The van der Waals surface area contributed by atoms with Crippen LogP contribution in [0.2, 0.25) is 0 Å². The van der Waals surface area contributed by atoms with Crippen molar-refractivity contribution in [3.05, 3.63) is 72.9 Å². The molecule has 0 aliphatic heterocycles. The summed E-state index contributed by atoms with van der Waals surface area (Å²) in [6.45, 7) is 3.62. The number of carbonyl (C=O) groups excluding carboxylic acids is 1. The molecule has 0 saturated heterocycles. The number of nitrogens with one attached hydrogen (secondary N) is 1. The molecule has 3 aromatic rings. The van der Waals surface area contributed by atoms with E-state index in [-0.39, 0.29) is 35.4 Å². The van der Waals surface area contributed by atoms with E-state index >= 15 is 0 Å². The molecule has 0 aliphatic carbocycles. The molecule has 0 saturated carbocycles. The maximum atomic E-state index is 13.9. The third kappa shape index (κ3) is 2.94. The van der Waals surface area contributed by atoms with Crippen molar-refractivity contribution in [1.29, 1.82) is 0 Å². The first-order valence-electron chi connectivity index (χ1n) is 8.75. The number of fused-ring (bicyclic) bond motifs is 1. The van der Waals surface area contributed by atoms with Crippen molar-refractivity contribution in [1.82, 2.24) is 13.7 Å². The number of halogens is 1. The molecule has 0 fully saturated rings. The number of rotatable bonds is 4. The van der Waals surface area contributed by atoms with Crippen molar-refractivity contribution in [2.45, 2.75) is 26.9 Å². The van der Waals surface area contributed by atoms with Crippen molar-refractivity contribution in [2.75, 3.05) is 5.32 Å². The van der Waals surface area contributed by atoms with Crippen LogP contribution in [-0.4, -0.2) is 19.6 Å². The Morgan fingerprint density at radius 1 is 1.07 bits per heavy atom. The molecular formula is C19H19FN4O4. The quantitative estimate of drug-likeness (QED) is 0.731. The zero-order valence-corrected chi connectivity index (χ0v) is 15.7. The topological polar surface area (TPSA) is 95.1 Å². The molecule has 0 aliphatic rings. The minimum absolute atomic E-state index is 0.0494. The Hall–Kier alpha value is -3.49. The minimum Gasteiger partial charge on any atom is -0.319 e. The van der Waals surface area contributed by atoms with Gasteiger partial charge in [-0.05, 0) is 26.0 Å². The van der Waals surface area contributed by atoms with Gasteiger partial charge in [0.25, 0.3) is 17.0 Å². The summed E-state index contributed by atoms with van der Waals surface area (Å²) in [7, 11) is 1.43. The van der Waals surface area contributed by atoms with E-state index in [1.807, 2.05) is 0 Å². The molecule has 28 heavy (non-hydrogen) atoms. The van der Waals surface area contributed by atoms with Crippen molar-refractivity contribution in [3.8, 4) is 0 Å². The van der Waals surface area contributed by atoms with Crippen LogP contribution in [0.1, 0.15) is 24.2 Å². The highest BCUT2D eigenvalue weighted by Crippen LogP contribution is 2.17. The van der Waals surface area contributed by atoms with E-state index in [1.165, 1.54) is 34.4 Å². The first kappa shape index (κ1) is 19.3. The molecule has 1 N–H and O–H groups in total. The highest BCUT2D eigenvalue weighted by molar-refractivity contribution is 6.11. The molecule has 0 bridgehead atoms. The zero-order chi connectivity index (χ0) is 20.6. The van der Waals surface area contributed by atoms with Crippen LogP contribution in [0, 0.1) is 5.82 Å². The molecule has 9 heteroatoms. The van der Waals surface area contributed by atoms with Crippen LogP contribution in [0.5, 0.6) is 0 Å². The molecule has 0 atom stereocenters.